The maximum absolute atomic E-state index is 12.0. The lowest BCUT2D eigenvalue weighted by Gasteiger charge is -2.28. The van der Waals surface area contributed by atoms with Crippen LogP contribution in [0.4, 0.5) is 4.79 Å². The van der Waals surface area contributed by atoms with Crippen molar-refractivity contribution in [3.63, 3.8) is 0 Å². The highest BCUT2D eigenvalue weighted by molar-refractivity contribution is 6.30. The van der Waals surface area contributed by atoms with Gasteiger partial charge in [-0.15, -0.1) is 0 Å². The molecule has 0 aromatic heterocycles. The summed E-state index contributed by atoms with van der Waals surface area (Å²) in [4.78, 5) is 12.0. The Morgan fingerprint density at radius 1 is 1.52 bits per heavy atom. The fraction of sp³-hybridized carbons (Fsp3) is 0.562. The summed E-state index contributed by atoms with van der Waals surface area (Å²) in [5.74, 6) is 0.0761. The third kappa shape index (κ3) is 3.89. The number of amides is 2. The number of rotatable bonds is 4. The van der Waals surface area contributed by atoms with Gasteiger partial charge in [-0.25, -0.2) is 4.79 Å². The Labute approximate surface area is 130 Å². The van der Waals surface area contributed by atoms with Crippen LogP contribution in [0.15, 0.2) is 18.2 Å². The van der Waals surface area contributed by atoms with E-state index in [4.69, 9.17) is 11.6 Å². The SMILES string of the molecule is CC(C)C(C)(O)CNC(=O)NC1CCc2cc(Cl)ccc21. The highest BCUT2D eigenvalue weighted by Crippen LogP contribution is 2.32. The Kier molecular flexibility index (Phi) is 4.79. The van der Waals surface area contributed by atoms with Gasteiger partial charge in [-0.3, -0.25) is 0 Å². The molecule has 0 aliphatic heterocycles. The molecule has 0 radical (unpaired) electrons. The summed E-state index contributed by atoms with van der Waals surface area (Å²) in [6, 6.07) is 5.55. The van der Waals surface area contributed by atoms with E-state index in [1.165, 1.54) is 5.56 Å². The van der Waals surface area contributed by atoms with Gasteiger partial charge in [0, 0.05) is 11.6 Å². The molecule has 2 amide bonds. The number of benzene rings is 1. The molecule has 1 aliphatic carbocycles. The molecule has 4 nitrogen and oxygen atoms in total. The molecule has 0 heterocycles. The molecule has 2 rings (SSSR count). The third-order valence-electron chi connectivity index (χ3n) is 4.34. The number of urea groups is 1. The molecule has 3 N–H and O–H groups in total. The first kappa shape index (κ1) is 16.1. The number of hydrogen-bond acceptors (Lipinski definition) is 2. The van der Waals surface area contributed by atoms with Crippen molar-refractivity contribution in [1.82, 2.24) is 10.6 Å². The van der Waals surface area contributed by atoms with Crippen molar-refractivity contribution >= 4 is 17.6 Å². The van der Waals surface area contributed by atoms with Crippen LogP contribution in [-0.4, -0.2) is 23.3 Å². The van der Waals surface area contributed by atoms with Crippen molar-refractivity contribution in [2.45, 2.75) is 45.3 Å². The lowest BCUT2D eigenvalue weighted by Crippen LogP contribution is -2.47. The summed E-state index contributed by atoms with van der Waals surface area (Å²) in [5, 5.41) is 16.6. The highest BCUT2D eigenvalue weighted by atomic mass is 35.5. The smallest absolute Gasteiger partial charge is 0.315 e. The predicted molar refractivity (Wildman–Crippen MR) is 84.5 cm³/mol. The van der Waals surface area contributed by atoms with Crippen molar-refractivity contribution in [1.29, 1.82) is 0 Å². The van der Waals surface area contributed by atoms with Crippen LogP contribution in [0.25, 0.3) is 0 Å². The lowest BCUT2D eigenvalue weighted by atomic mass is 9.93. The minimum Gasteiger partial charge on any atom is -0.388 e. The Morgan fingerprint density at radius 2 is 2.24 bits per heavy atom. The van der Waals surface area contributed by atoms with Crippen LogP contribution in [0.3, 0.4) is 0 Å². The number of aryl methyl sites for hydroxylation is 1. The van der Waals surface area contributed by atoms with Crippen molar-refractivity contribution in [3.8, 4) is 0 Å². The zero-order valence-corrected chi connectivity index (χ0v) is 13.5. The minimum atomic E-state index is -0.904. The molecule has 0 spiro atoms. The number of fused-ring (bicyclic) bond motifs is 1. The zero-order chi connectivity index (χ0) is 15.6. The Hall–Kier alpha value is -1.26. The number of nitrogens with one attached hydrogen (secondary N) is 2. The summed E-state index contributed by atoms with van der Waals surface area (Å²) < 4.78 is 0. The molecule has 2 unspecified atom stereocenters. The third-order valence-corrected chi connectivity index (χ3v) is 4.57. The van der Waals surface area contributed by atoms with Crippen molar-refractivity contribution in [2.75, 3.05) is 6.54 Å². The predicted octanol–water partition coefficient (Wildman–Crippen LogP) is 3.03. The van der Waals surface area contributed by atoms with Gasteiger partial charge in [0.2, 0.25) is 0 Å². The van der Waals surface area contributed by atoms with Crippen LogP contribution in [0.2, 0.25) is 5.02 Å². The van der Waals surface area contributed by atoms with Gasteiger partial charge in [-0.2, -0.15) is 0 Å². The number of carbonyl (C=O) groups excluding carboxylic acids is 1. The van der Waals surface area contributed by atoms with E-state index < -0.39 is 5.60 Å². The highest BCUT2D eigenvalue weighted by Gasteiger charge is 2.27. The van der Waals surface area contributed by atoms with E-state index in [0.717, 1.165) is 23.4 Å². The van der Waals surface area contributed by atoms with Crippen LogP contribution < -0.4 is 10.6 Å². The van der Waals surface area contributed by atoms with Crippen molar-refractivity contribution in [2.24, 2.45) is 5.92 Å². The Balaban J connectivity index is 1.91. The fourth-order valence-electron chi connectivity index (χ4n) is 2.41. The van der Waals surface area contributed by atoms with Crippen LogP contribution in [-0.2, 0) is 6.42 Å². The standard InChI is InChI=1S/C16H23ClN2O2/c1-10(2)16(3,21)9-18-15(20)19-14-7-4-11-8-12(17)5-6-13(11)14/h5-6,8,10,14,21H,4,7,9H2,1-3H3,(H2,18,19,20). The average Bonchev–Trinajstić information content (AvgIpc) is 2.78. The summed E-state index contributed by atoms with van der Waals surface area (Å²) >= 11 is 5.98. The molecule has 2 atom stereocenters. The van der Waals surface area contributed by atoms with Gasteiger partial charge in [0.25, 0.3) is 0 Å². The van der Waals surface area contributed by atoms with Gasteiger partial charge in [0.05, 0.1) is 11.6 Å². The van der Waals surface area contributed by atoms with Gasteiger partial charge in [0.15, 0.2) is 0 Å². The van der Waals surface area contributed by atoms with Crippen LogP contribution in [0.5, 0.6) is 0 Å². The summed E-state index contributed by atoms with van der Waals surface area (Å²) in [6.07, 6.45) is 1.80. The molecule has 1 aliphatic rings. The Bertz CT molecular complexity index is 529. The van der Waals surface area contributed by atoms with E-state index in [1.807, 2.05) is 32.0 Å². The Morgan fingerprint density at radius 3 is 2.90 bits per heavy atom. The molecule has 116 valence electrons. The number of carbonyl (C=O) groups is 1. The van der Waals surface area contributed by atoms with E-state index >= 15 is 0 Å². The first-order valence-electron chi connectivity index (χ1n) is 7.34. The van der Waals surface area contributed by atoms with Crippen molar-refractivity contribution in [3.05, 3.63) is 34.3 Å². The number of halogens is 1. The molecule has 1 aromatic carbocycles. The quantitative estimate of drug-likeness (QED) is 0.800. The molecular weight excluding hydrogens is 288 g/mol. The van der Waals surface area contributed by atoms with E-state index in [9.17, 15) is 9.90 Å². The number of hydrogen-bond donors (Lipinski definition) is 3. The largest absolute Gasteiger partial charge is 0.388 e. The molecule has 0 fully saturated rings. The van der Waals surface area contributed by atoms with Gasteiger partial charge >= 0.3 is 6.03 Å². The molecule has 5 heteroatoms. The molecule has 0 saturated heterocycles. The summed E-state index contributed by atoms with van der Waals surface area (Å²) in [7, 11) is 0. The van der Waals surface area contributed by atoms with Crippen LogP contribution >= 0.6 is 11.6 Å². The maximum Gasteiger partial charge on any atom is 0.315 e. The van der Waals surface area contributed by atoms with Gasteiger partial charge < -0.3 is 15.7 Å². The second-order valence-electron chi connectivity index (χ2n) is 6.27. The molecule has 0 saturated carbocycles. The molecular formula is C16H23ClN2O2. The average molecular weight is 311 g/mol. The first-order chi connectivity index (χ1) is 9.79. The lowest BCUT2D eigenvalue weighted by molar-refractivity contribution is 0.0165. The van der Waals surface area contributed by atoms with Crippen molar-refractivity contribution < 1.29 is 9.90 Å². The maximum atomic E-state index is 12.0. The van der Waals surface area contributed by atoms with E-state index in [0.29, 0.717) is 0 Å². The second-order valence-corrected chi connectivity index (χ2v) is 6.71. The van der Waals surface area contributed by atoms with Crippen LogP contribution in [0.1, 0.15) is 44.4 Å². The fourth-order valence-corrected chi connectivity index (χ4v) is 2.60. The number of aliphatic hydroxyl groups is 1. The monoisotopic (exact) mass is 310 g/mol. The normalized spacial score (nSPS) is 20.0. The van der Waals surface area contributed by atoms with Gasteiger partial charge in [0.1, 0.15) is 0 Å². The van der Waals surface area contributed by atoms with Gasteiger partial charge in [-0.05, 0) is 48.9 Å². The van der Waals surface area contributed by atoms with E-state index in [2.05, 4.69) is 10.6 Å². The minimum absolute atomic E-state index is 0.0151. The van der Waals surface area contributed by atoms with E-state index in [1.54, 1.807) is 6.92 Å². The van der Waals surface area contributed by atoms with E-state index in [-0.39, 0.29) is 24.5 Å². The molecule has 21 heavy (non-hydrogen) atoms. The zero-order valence-electron chi connectivity index (χ0n) is 12.7. The molecule has 1 aromatic rings. The van der Waals surface area contributed by atoms with Gasteiger partial charge in [-0.1, -0.05) is 31.5 Å². The summed E-state index contributed by atoms with van der Waals surface area (Å²) in [6.45, 7) is 5.81. The summed E-state index contributed by atoms with van der Waals surface area (Å²) in [5.41, 5.74) is 1.42. The molecule has 0 bridgehead atoms. The topological polar surface area (TPSA) is 61.4 Å². The second kappa shape index (κ2) is 6.24. The van der Waals surface area contributed by atoms with Crippen LogP contribution in [0, 0.1) is 5.92 Å². The first-order valence-corrected chi connectivity index (χ1v) is 7.72.